The van der Waals surface area contributed by atoms with Gasteiger partial charge < -0.3 is 16.0 Å². The van der Waals surface area contributed by atoms with E-state index in [-0.39, 0.29) is 11.3 Å². The molecular formula is C12H18N4O. The lowest BCUT2D eigenvalue weighted by atomic mass is 9.89. The van der Waals surface area contributed by atoms with E-state index >= 15 is 0 Å². The van der Waals surface area contributed by atoms with Gasteiger partial charge in [-0.2, -0.15) is 0 Å². The lowest BCUT2D eigenvalue weighted by molar-refractivity contribution is -0.128. The molecule has 0 bridgehead atoms. The second kappa shape index (κ2) is 4.24. The van der Waals surface area contributed by atoms with Crippen molar-refractivity contribution in [2.75, 3.05) is 30.8 Å². The lowest BCUT2D eigenvalue weighted by Crippen LogP contribution is -2.39. The van der Waals surface area contributed by atoms with E-state index in [1.807, 2.05) is 19.1 Å². The maximum atomic E-state index is 11.8. The molecule has 5 heteroatoms. The molecular weight excluding hydrogens is 216 g/mol. The number of rotatable bonds is 2. The third-order valence-corrected chi connectivity index (χ3v) is 3.41. The Morgan fingerprint density at radius 3 is 3.06 bits per heavy atom. The third kappa shape index (κ3) is 2.05. The van der Waals surface area contributed by atoms with E-state index in [0.717, 1.165) is 18.7 Å². The summed E-state index contributed by atoms with van der Waals surface area (Å²) in [6, 6.07) is 3.80. The number of anilines is 2. The van der Waals surface area contributed by atoms with Gasteiger partial charge in [0.25, 0.3) is 0 Å². The number of nitrogens with one attached hydrogen (secondary N) is 1. The zero-order valence-electron chi connectivity index (χ0n) is 10.2. The van der Waals surface area contributed by atoms with Gasteiger partial charge in [-0.15, -0.1) is 0 Å². The van der Waals surface area contributed by atoms with Crippen molar-refractivity contribution >= 4 is 17.4 Å². The number of hydrogen-bond donors (Lipinski definition) is 2. The SMILES string of the molecule is CNC(=O)C1(C)CCN(c2cccnc2N)C1. The van der Waals surface area contributed by atoms with Gasteiger partial charge in [0.15, 0.2) is 0 Å². The van der Waals surface area contributed by atoms with Gasteiger partial charge >= 0.3 is 0 Å². The van der Waals surface area contributed by atoms with Gasteiger partial charge in [0, 0.05) is 26.3 Å². The summed E-state index contributed by atoms with van der Waals surface area (Å²) in [6.07, 6.45) is 2.51. The van der Waals surface area contributed by atoms with Crippen molar-refractivity contribution in [3.8, 4) is 0 Å². The highest BCUT2D eigenvalue weighted by Crippen LogP contribution is 2.34. The molecule has 0 aromatic carbocycles. The lowest BCUT2D eigenvalue weighted by Gasteiger charge is -2.24. The molecule has 1 aliphatic heterocycles. The molecule has 17 heavy (non-hydrogen) atoms. The molecule has 0 aliphatic carbocycles. The number of nitrogens with zero attached hydrogens (tertiary/aromatic N) is 2. The Morgan fingerprint density at radius 1 is 1.65 bits per heavy atom. The molecule has 0 spiro atoms. The van der Waals surface area contributed by atoms with Crippen molar-refractivity contribution < 1.29 is 4.79 Å². The van der Waals surface area contributed by atoms with E-state index in [1.54, 1.807) is 13.2 Å². The molecule has 3 N–H and O–H groups in total. The summed E-state index contributed by atoms with van der Waals surface area (Å²) >= 11 is 0. The van der Waals surface area contributed by atoms with Crippen molar-refractivity contribution in [2.24, 2.45) is 5.41 Å². The van der Waals surface area contributed by atoms with Crippen LogP contribution in [0.1, 0.15) is 13.3 Å². The molecule has 1 fully saturated rings. The van der Waals surface area contributed by atoms with Crippen molar-refractivity contribution in [1.29, 1.82) is 0 Å². The van der Waals surface area contributed by atoms with Gasteiger partial charge in [0.2, 0.25) is 5.91 Å². The smallest absolute Gasteiger partial charge is 0.227 e. The summed E-state index contributed by atoms with van der Waals surface area (Å²) in [5.41, 5.74) is 6.42. The van der Waals surface area contributed by atoms with E-state index in [9.17, 15) is 4.79 Å². The molecule has 5 nitrogen and oxygen atoms in total. The molecule has 1 amide bonds. The van der Waals surface area contributed by atoms with Crippen LogP contribution in [-0.4, -0.2) is 31.0 Å². The molecule has 1 aliphatic rings. The van der Waals surface area contributed by atoms with E-state index in [0.29, 0.717) is 12.4 Å². The van der Waals surface area contributed by atoms with Crippen LogP contribution in [0.2, 0.25) is 0 Å². The van der Waals surface area contributed by atoms with Gasteiger partial charge in [-0.3, -0.25) is 4.79 Å². The molecule has 92 valence electrons. The number of amides is 1. The first-order chi connectivity index (χ1) is 8.07. The van der Waals surface area contributed by atoms with Crippen LogP contribution >= 0.6 is 0 Å². The molecule has 2 heterocycles. The number of nitrogen functional groups attached to an aromatic ring is 1. The second-order valence-electron chi connectivity index (χ2n) is 4.72. The summed E-state index contributed by atoms with van der Waals surface area (Å²) in [7, 11) is 1.68. The zero-order valence-corrected chi connectivity index (χ0v) is 10.2. The number of carbonyl (C=O) groups is 1. The second-order valence-corrected chi connectivity index (χ2v) is 4.72. The van der Waals surface area contributed by atoms with Crippen LogP contribution in [0.5, 0.6) is 0 Å². The van der Waals surface area contributed by atoms with E-state index in [4.69, 9.17) is 5.73 Å². The fourth-order valence-corrected chi connectivity index (χ4v) is 2.33. The van der Waals surface area contributed by atoms with Crippen LogP contribution in [0.15, 0.2) is 18.3 Å². The van der Waals surface area contributed by atoms with Crippen LogP contribution in [0.25, 0.3) is 0 Å². The van der Waals surface area contributed by atoms with Crippen molar-refractivity contribution in [3.05, 3.63) is 18.3 Å². The topological polar surface area (TPSA) is 71.2 Å². The predicted molar refractivity (Wildman–Crippen MR) is 67.7 cm³/mol. The normalized spacial score (nSPS) is 23.8. The summed E-state index contributed by atoms with van der Waals surface area (Å²) in [6.45, 7) is 3.50. The highest BCUT2D eigenvalue weighted by molar-refractivity contribution is 5.83. The van der Waals surface area contributed by atoms with E-state index in [2.05, 4.69) is 15.2 Å². The monoisotopic (exact) mass is 234 g/mol. The van der Waals surface area contributed by atoms with Crippen LogP contribution < -0.4 is 16.0 Å². The van der Waals surface area contributed by atoms with Gasteiger partial charge in [-0.1, -0.05) is 0 Å². The van der Waals surface area contributed by atoms with E-state index < -0.39 is 0 Å². The number of aromatic nitrogens is 1. The van der Waals surface area contributed by atoms with Gasteiger partial charge in [0.05, 0.1) is 11.1 Å². The summed E-state index contributed by atoms with van der Waals surface area (Å²) < 4.78 is 0. The van der Waals surface area contributed by atoms with Crippen molar-refractivity contribution in [2.45, 2.75) is 13.3 Å². The Morgan fingerprint density at radius 2 is 2.41 bits per heavy atom. The summed E-state index contributed by atoms with van der Waals surface area (Å²) in [5.74, 6) is 0.608. The molecule has 0 saturated carbocycles. The minimum Gasteiger partial charge on any atom is -0.382 e. The first kappa shape index (κ1) is 11.7. The molecule has 1 saturated heterocycles. The van der Waals surface area contributed by atoms with Gasteiger partial charge in [-0.05, 0) is 25.5 Å². The number of pyridine rings is 1. The highest BCUT2D eigenvalue weighted by Gasteiger charge is 2.40. The maximum absolute atomic E-state index is 11.8. The molecule has 1 aromatic rings. The predicted octanol–water partition coefficient (Wildman–Crippen LogP) is 0.626. The fourth-order valence-electron chi connectivity index (χ4n) is 2.33. The van der Waals surface area contributed by atoms with Gasteiger partial charge in [-0.25, -0.2) is 4.98 Å². The molecule has 1 aromatic heterocycles. The quantitative estimate of drug-likeness (QED) is 0.787. The largest absolute Gasteiger partial charge is 0.382 e. The molecule has 1 unspecified atom stereocenters. The minimum absolute atomic E-state index is 0.0856. The number of hydrogen-bond acceptors (Lipinski definition) is 4. The highest BCUT2D eigenvalue weighted by atomic mass is 16.2. The summed E-state index contributed by atoms with van der Waals surface area (Å²) in [4.78, 5) is 18.0. The Labute approximate surface area is 101 Å². The maximum Gasteiger partial charge on any atom is 0.227 e. The van der Waals surface area contributed by atoms with Crippen LogP contribution in [-0.2, 0) is 4.79 Å². The first-order valence-electron chi connectivity index (χ1n) is 5.74. The Hall–Kier alpha value is -1.78. The number of carbonyl (C=O) groups excluding carboxylic acids is 1. The third-order valence-electron chi connectivity index (χ3n) is 3.41. The average Bonchev–Trinajstić information content (AvgIpc) is 2.72. The standard InChI is InChI=1S/C12H18N4O/c1-12(11(17)14-2)5-7-16(8-12)9-4-3-6-15-10(9)13/h3-4,6H,5,7-8H2,1-2H3,(H2,13,15)(H,14,17). The van der Waals surface area contributed by atoms with Crippen LogP contribution in [0, 0.1) is 5.41 Å². The van der Waals surface area contributed by atoms with Crippen molar-refractivity contribution in [3.63, 3.8) is 0 Å². The van der Waals surface area contributed by atoms with Gasteiger partial charge in [0.1, 0.15) is 5.82 Å². The first-order valence-corrected chi connectivity index (χ1v) is 5.74. The fraction of sp³-hybridized carbons (Fsp3) is 0.500. The molecule has 1 atom stereocenters. The van der Waals surface area contributed by atoms with E-state index in [1.165, 1.54) is 0 Å². The zero-order chi connectivity index (χ0) is 12.5. The molecule has 2 rings (SSSR count). The Kier molecular flexibility index (Phi) is 2.92. The Bertz CT molecular complexity index is 434. The van der Waals surface area contributed by atoms with Crippen molar-refractivity contribution in [1.82, 2.24) is 10.3 Å². The van der Waals surface area contributed by atoms with Crippen LogP contribution in [0.4, 0.5) is 11.5 Å². The Balaban J connectivity index is 2.18. The van der Waals surface area contributed by atoms with Crippen LogP contribution in [0.3, 0.4) is 0 Å². The average molecular weight is 234 g/mol. The number of nitrogens with two attached hydrogens (primary N) is 1. The summed E-state index contributed by atoms with van der Waals surface area (Å²) in [5, 5.41) is 2.72. The molecule has 0 radical (unpaired) electrons. The minimum atomic E-state index is -0.336.